The van der Waals surface area contributed by atoms with Crippen LogP contribution in [0.4, 0.5) is 5.69 Å². The summed E-state index contributed by atoms with van der Waals surface area (Å²) < 4.78 is 5.23. The van der Waals surface area contributed by atoms with Gasteiger partial charge in [-0.15, -0.1) is 0 Å². The molecule has 0 spiro atoms. The van der Waals surface area contributed by atoms with Gasteiger partial charge in [0.1, 0.15) is 0 Å². The summed E-state index contributed by atoms with van der Waals surface area (Å²) >= 11 is 0. The number of ether oxygens (including phenoxy) is 1. The molecule has 0 amide bonds. The van der Waals surface area contributed by atoms with Gasteiger partial charge in [-0.3, -0.25) is 4.99 Å². The first-order chi connectivity index (χ1) is 10.3. The lowest BCUT2D eigenvalue weighted by atomic mass is 10.2. The second-order valence-corrected chi connectivity index (χ2v) is 4.79. The highest BCUT2D eigenvalue weighted by molar-refractivity contribution is 5.89. The van der Waals surface area contributed by atoms with E-state index in [0.717, 1.165) is 24.2 Å². The first-order valence-electron chi connectivity index (χ1n) is 7.07. The molecule has 2 aromatic rings. The predicted octanol–water partition coefficient (Wildman–Crippen LogP) is 4.42. The van der Waals surface area contributed by atoms with Gasteiger partial charge in [0.25, 0.3) is 0 Å². The molecule has 0 N–H and O–H groups in total. The van der Waals surface area contributed by atoms with Gasteiger partial charge in [-0.25, -0.2) is 4.79 Å². The van der Waals surface area contributed by atoms with Crippen LogP contribution in [0.5, 0.6) is 0 Å². The largest absolute Gasteiger partial charge is 0.462 e. The van der Waals surface area contributed by atoms with Gasteiger partial charge in [0, 0.05) is 5.71 Å². The van der Waals surface area contributed by atoms with Crippen molar-refractivity contribution < 1.29 is 9.53 Å². The fourth-order valence-electron chi connectivity index (χ4n) is 1.93. The maximum absolute atomic E-state index is 11.7. The molecule has 0 aliphatic carbocycles. The highest BCUT2D eigenvalue weighted by atomic mass is 16.5. The minimum absolute atomic E-state index is 0.270. The summed E-state index contributed by atoms with van der Waals surface area (Å²) in [4.78, 5) is 16.2. The molecule has 0 atom stereocenters. The summed E-state index contributed by atoms with van der Waals surface area (Å²) in [7, 11) is 0. The summed E-state index contributed by atoms with van der Waals surface area (Å²) in [6.45, 7) is 2.40. The van der Waals surface area contributed by atoms with E-state index >= 15 is 0 Å². The topological polar surface area (TPSA) is 38.7 Å². The molecule has 0 heterocycles. The number of carbonyl (C=O) groups excluding carboxylic acids is 1. The Hall–Kier alpha value is -2.42. The zero-order valence-electron chi connectivity index (χ0n) is 12.2. The molecule has 21 heavy (non-hydrogen) atoms. The summed E-state index contributed by atoms with van der Waals surface area (Å²) in [5.74, 6) is -0.270. The summed E-state index contributed by atoms with van der Waals surface area (Å²) in [5.41, 5.74) is 2.58. The lowest BCUT2D eigenvalue weighted by Gasteiger charge is -2.05. The SMILES string of the molecule is CC(CCCOC(=O)c1ccccc1)=Nc1ccccc1. The van der Waals surface area contributed by atoms with E-state index in [1.54, 1.807) is 12.1 Å². The smallest absolute Gasteiger partial charge is 0.338 e. The van der Waals surface area contributed by atoms with Crippen molar-refractivity contribution in [2.75, 3.05) is 6.61 Å². The van der Waals surface area contributed by atoms with Crippen LogP contribution in [0.15, 0.2) is 65.7 Å². The van der Waals surface area contributed by atoms with Crippen molar-refractivity contribution in [2.24, 2.45) is 4.99 Å². The fraction of sp³-hybridized carbons (Fsp3) is 0.222. The first kappa shape index (κ1) is 15.0. The quantitative estimate of drug-likeness (QED) is 0.447. The number of hydrogen-bond acceptors (Lipinski definition) is 3. The molecular formula is C18H19NO2. The van der Waals surface area contributed by atoms with Gasteiger partial charge in [-0.1, -0.05) is 36.4 Å². The molecule has 0 aromatic heterocycles. The number of nitrogens with zero attached hydrogens (tertiary/aromatic N) is 1. The number of carbonyl (C=O) groups is 1. The zero-order chi connectivity index (χ0) is 14.9. The van der Waals surface area contributed by atoms with Crippen LogP contribution in [0.25, 0.3) is 0 Å². The number of hydrogen-bond donors (Lipinski definition) is 0. The second-order valence-electron chi connectivity index (χ2n) is 4.79. The Labute approximate surface area is 125 Å². The molecule has 0 unspecified atom stereocenters. The average molecular weight is 281 g/mol. The van der Waals surface area contributed by atoms with E-state index < -0.39 is 0 Å². The van der Waals surface area contributed by atoms with E-state index in [4.69, 9.17) is 4.74 Å². The number of esters is 1. The molecule has 0 aliphatic heterocycles. The van der Waals surface area contributed by atoms with Crippen LogP contribution in [-0.2, 0) is 4.74 Å². The van der Waals surface area contributed by atoms with Gasteiger partial charge >= 0.3 is 5.97 Å². The minimum Gasteiger partial charge on any atom is -0.462 e. The molecule has 0 fully saturated rings. The summed E-state index contributed by atoms with van der Waals surface area (Å²) in [6, 6.07) is 18.9. The molecule has 0 saturated carbocycles. The van der Waals surface area contributed by atoms with E-state index in [9.17, 15) is 4.79 Å². The average Bonchev–Trinajstić information content (AvgIpc) is 2.53. The maximum Gasteiger partial charge on any atom is 0.338 e. The molecule has 2 rings (SSSR count). The number of rotatable bonds is 6. The van der Waals surface area contributed by atoms with Gasteiger partial charge in [-0.2, -0.15) is 0 Å². The highest BCUT2D eigenvalue weighted by Crippen LogP contribution is 2.11. The first-order valence-corrected chi connectivity index (χ1v) is 7.07. The normalized spacial score (nSPS) is 11.2. The van der Waals surface area contributed by atoms with Crippen molar-refractivity contribution in [3.63, 3.8) is 0 Å². The van der Waals surface area contributed by atoms with Gasteiger partial charge < -0.3 is 4.74 Å². The fourth-order valence-corrected chi connectivity index (χ4v) is 1.93. The number of benzene rings is 2. The molecule has 0 bridgehead atoms. The summed E-state index contributed by atoms with van der Waals surface area (Å²) in [5, 5.41) is 0. The maximum atomic E-state index is 11.7. The van der Waals surface area contributed by atoms with Gasteiger partial charge in [-0.05, 0) is 44.0 Å². The van der Waals surface area contributed by atoms with Crippen LogP contribution >= 0.6 is 0 Å². The Balaban J connectivity index is 1.72. The Bertz CT molecular complexity index is 591. The Kier molecular flexibility index (Phi) is 5.71. The third-order valence-corrected chi connectivity index (χ3v) is 3.00. The lowest BCUT2D eigenvalue weighted by Crippen LogP contribution is -2.07. The van der Waals surface area contributed by atoms with Crippen molar-refractivity contribution >= 4 is 17.4 Å². The van der Waals surface area contributed by atoms with E-state index in [0.29, 0.717) is 12.2 Å². The third kappa shape index (κ3) is 5.22. The lowest BCUT2D eigenvalue weighted by molar-refractivity contribution is 0.0502. The van der Waals surface area contributed by atoms with Crippen LogP contribution < -0.4 is 0 Å². The monoisotopic (exact) mass is 281 g/mol. The molecule has 3 nitrogen and oxygen atoms in total. The van der Waals surface area contributed by atoms with Crippen LogP contribution in [0.1, 0.15) is 30.1 Å². The van der Waals surface area contributed by atoms with Crippen LogP contribution in [0.3, 0.4) is 0 Å². The number of aliphatic imine (C=N–C) groups is 1. The molecule has 0 aliphatic rings. The van der Waals surface area contributed by atoms with E-state index in [1.165, 1.54) is 0 Å². The third-order valence-electron chi connectivity index (χ3n) is 3.00. The standard InChI is InChI=1S/C18H19NO2/c1-15(19-17-12-6-3-7-13-17)9-8-14-21-18(20)16-10-4-2-5-11-16/h2-7,10-13H,8-9,14H2,1H3. The zero-order valence-corrected chi connectivity index (χ0v) is 12.2. The Morgan fingerprint density at radius 3 is 2.29 bits per heavy atom. The van der Waals surface area contributed by atoms with Gasteiger partial charge in [0.05, 0.1) is 17.9 Å². The molecule has 0 saturated heterocycles. The molecule has 3 heteroatoms. The van der Waals surface area contributed by atoms with Crippen molar-refractivity contribution in [2.45, 2.75) is 19.8 Å². The van der Waals surface area contributed by atoms with E-state index in [1.807, 2.05) is 55.5 Å². The number of para-hydroxylation sites is 1. The molecular weight excluding hydrogens is 262 g/mol. The van der Waals surface area contributed by atoms with Crippen molar-refractivity contribution in [3.05, 3.63) is 66.2 Å². The van der Waals surface area contributed by atoms with Crippen LogP contribution in [-0.4, -0.2) is 18.3 Å². The highest BCUT2D eigenvalue weighted by Gasteiger charge is 2.05. The predicted molar refractivity (Wildman–Crippen MR) is 85.2 cm³/mol. The second kappa shape index (κ2) is 8.00. The molecule has 0 radical (unpaired) electrons. The van der Waals surface area contributed by atoms with Crippen molar-refractivity contribution in [1.29, 1.82) is 0 Å². The molecule has 2 aromatic carbocycles. The van der Waals surface area contributed by atoms with Gasteiger partial charge in [0.2, 0.25) is 0 Å². The van der Waals surface area contributed by atoms with Crippen molar-refractivity contribution in [3.8, 4) is 0 Å². The minimum atomic E-state index is -0.270. The van der Waals surface area contributed by atoms with E-state index in [2.05, 4.69) is 4.99 Å². The van der Waals surface area contributed by atoms with Crippen LogP contribution in [0.2, 0.25) is 0 Å². The Morgan fingerprint density at radius 2 is 1.62 bits per heavy atom. The van der Waals surface area contributed by atoms with E-state index in [-0.39, 0.29) is 5.97 Å². The van der Waals surface area contributed by atoms with Crippen molar-refractivity contribution in [1.82, 2.24) is 0 Å². The summed E-state index contributed by atoms with van der Waals surface area (Å²) in [6.07, 6.45) is 1.59. The Morgan fingerprint density at radius 1 is 1.00 bits per heavy atom. The molecule has 108 valence electrons. The van der Waals surface area contributed by atoms with Gasteiger partial charge in [0.15, 0.2) is 0 Å². The van der Waals surface area contributed by atoms with Crippen LogP contribution in [0, 0.1) is 0 Å².